The second-order valence-corrected chi connectivity index (χ2v) is 4.67. The Hall–Kier alpha value is -2.67. The van der Waals surface area contributed by atoms with Crippen molar-refractivity contribution in [2.45, 2.75) is 13.3 Å². The number of benzene rings is 1. The highest BCUT2D eigenvalue weighted by molar-refractivity contribution is 5.93. The smallest absolute Gasteiger partial charge is 0.358 e. The first kappa shape index (κ1) is 16.7. The predicted octanol–water partition coefficient (Wildman–Crippen LogP) is 2.02. The number of esters is 1. The number of hydrogen-bond donors (Lipinski definition) is 1. The molecule has 2 aromatic rings. The van der Waals surface area contributed by atoms with E-state index < -0.39 is 5.97 Å². The van der Waals surface area contributed by atoms with Crippen LogP contribution in [0.4, 0.5) is 5.69 Å². The van der Waals surface area contributed by atoms with E-state index in [4.69, 9.17) is 9.47 Å². The third-order valence-electron chi connectivity index (χ3n) is 3.03. The lowest BCUT2D eigenvalue weighted by atomic mass is 10.2. The van der Waals surface area contributed by atoms with E-state index >= 15 is 0 Å². The molecule has 0 fully saturated rings. The maximum atomic E-state index is 11.9. The van der Waals surface area contributed by atoms with Gasteiger partial charge in [0.15, 0.2) is 5.69 Å². The molecular weight excluding hydrogens is 298 g/mol. The van der Waals surface area contributed by atoms with Crippen LogP contribution in [0.25, 0.3) is 5.69 Å². The van der Waals surface area contributed by atoms with Crippen molar-refractivity contribution in [2.75, 3.05) is 25.6 Å². The van der Waals surface area contributed by atoms with Crippen LogP contribution in [0.5, 0.6) is 0 Å². The number of rotatable bonds is 7. The average Bonchev–Trinajstić information content (AvgIpc) is 3.03. The fraction of sp³-hybridized carbons (Fsp3) is 0.312. The number of hydrogen-bond acceptors (Lipinski definition) is 5. The van der Waals surface area contributed by atoms with Gasteiger partial charge in [-0.25, -0.2) is 9.48 Å². The maximum Gasteiger partial charge on any atom is 0.358 e. The molecule has 23 heavy (non-hydrogen) atoms. The van der Waals surface area contributed by atoms with E-state index in [-0.39, 0.29) is 24.6 Å². The normalized spacial score (nSPS) is 10.3. The Morgan fingerprint density at radius 3 is 2.78 bits per heavy atom. The molecule has 1 N–H and O–H groups in total. The van der Waals surface area contributed by atoms with Crippen molar-refractivity contribution in [1.82, 2.24) is 9.78 Å². The number of nitrogens with zero attached hydrogens (tertiary/aromatic N) is 2. The summed E-state index contributed by atoms with van der Waals surface area (Å²) in [6.45, 7) is 2.38. The highest BCUT2D eigenvalue weighted by Crippen LogP contribution is 2.20. The Labute approximate surface area is 134 Å². The zero-order valence-corrected chi connectivity index (χ0v) is 13.1. The van der Waals surface area contributed by atoms with Crippen LogP contribution < -0.4 is 5.32 Å². The van der Waals surface area contributed by atoms with Gasteiger partial charge in [0.1, 0.15) is 0 Å². The van der Waals surface area contributed by atoms with Gasteiger partial charge in [-0.3, -0.25) is 4.79 Å². The summed E-state index contributed by atoms with van der Waals surface area (Å²) in [6, 6.07) is 8.78. The van der Waals surface area contributed by atoms with Crippen LogP contribution >= 0.6 is 0 Å². The monoisotopic (exact) mass is 317 g/mol. The third-order valence-corrected chi connectivity index (χ3v) is 3.03. The summed E-state index contributed by atoms with van der Waals surface area (Å²) in [4.78, 5) is 23.5. The van der Waals surface area contributed by atoms with Crippen molar-refractivity contribution >= 4 is 17.6 Å². The highest BCUT2D eigenvalue weighted by atomic mass is 16.5. The van der Waals surface area contributed by atoms with Crippen LogP contribution in [0.2, 0.25) is 0 Å². The van der Waals surface area contributed by atoms with Gasteiger partial charge in [-0.15, -0.1) is 0 Å². The topological polar surface area (TPSA) is 82.5 Å². The number of aromatic nitrogens is 2. The Kier molecular flexibility index (Phi) is 5.87. The Morgan fingerprint density at radius 2 is 2.04 bits per heavy atom. The van der Waals surface area contributed by atoms with E-state index in [0.29, 0.717) is 18.0 Å². The standard InChI is InChI=1S/C16H19N3O4/c1-3-23-16(21)13-8-10-19(18-13)14-7-5-4-6-12(14)17-15(20)9-11-22-2/h4-8,10H,3,9,11H2,1-2H3,(H,17,20). The molecule has 0 saturated carbocycles. The molecule has 0 bridgehead atoms. The van der Waals surface area contributed by atoms with Gasteiger partial charge in [-0.2, -0.15) is 5.10 Å². The molecule has 0 radical (unpaired) electrons. The molecule has 0 aliphatic heterocycles. The molecule has 1 amide bonds. The molecule has 1 heterocycles. The van der Waals surface area contributed by atoms with Crippen molar-refractivity contribution < 1.29 is 19.1 Å². The Balaban J connectivity index is 2.20. The van der Waals surface area contributed by atoms with Gasteiger partial charge in [0.2, 0.25) is 5.91 Å². The Morgan fingerprint density at radius 1 is 1.26 bits per heavy atom. The van der Waals surface area contributed by atoms with Crippen molar-refractivity contribution in [3.8, 4) is 5.69 Å². The van der Waals surface area contributed by atoms with Crippen LogP contribution in [-0.4, -0.2) is 42.0 Å². The first-order valence-electron chi connectivity index (χ1n) is 7.26. The van der Waals surface area contributed by atoms with E-state index in [2.05, 4.69) is 10.4 Å². The number of methoxy groups -OCH3 is 1. The van der Waals surface area contributed by atoms with Crippen molar-refractivity contribution in [2.24, 2.45) is 0 Å². The molecule has 1 aromatic heterocycles. The predicted molar refractivity (Wildman–Crippen MR) is 84.6 cm³/mol. The van der Waals surface area contributed by atoms with Crippen LogP contribution in [0.1, 0.15) is 23.8 Å². The fourth-order valence-electron chi connectivity index (χ4n) is 1.96. The van der Waals surface area contributed by atoms with E-state index in [0.717, 1.165) is 0 Å². The number of carbonyl (C=O) groups is 2. The molecule has 0 saturated heterocycles. The van der Waals surface area contributed by atoms with Gasteiger partial charge in [0, 0.05) is 13.3 Å². The maximum absolute atomic E-state index is 11.9. The van der Waals surface area contributed by atoms with Gasteiger partial charge < -0.3 is 14.8 Å². The molecule has 7 nitrogen and oxygen atoms in total. The zero-order chi connectivity index (χ0) is 16.7. The van der Waals surface area contributed by atoms with E-state index in [1.807, 2.05) is 12.1 Å². The van der Waals surface area contributed by atoms with Gasteiger partial charge in [0.05, 0.1) is 31.0 Å². The number of nitrogens with one attached hydrogen (secondary N) is 1. The lowest BCUT2D eigenvalue weighted by Gasteiger charge is -2.10. The molecule has 0 spiro atoms. The molecule has 0 atom stereocenters. The lowest BCUT2D eigenvalue weighted by Crippen LogP contribution is -2.15. The van der Waals surface area contributed by atoms with E-state index in [1.54, 1.807) is 38.4 Å². The van der Waals surface area contributed by atoms with Crippen LogP contribution in [0, 0.1) is 0 Å². The van der Waals surface area contributed by atoms with Gasteiger partial charge in [-0.05, 0) is 25.1 Å². The number of para-hydroxylation sites is 2. The highest BCUT2D eigenvalue weighted by Gasteiger charge is 2.13. The van der Waals surface area contributed by atoms with Crippen LogP contribution in [-0.2, 0) is 14.3 Å². The fourth-order valence-corrected chi connectivity index (χ4v) is 1.96. The molecule has 2 rings (SSSR count). The second kappa shape index (κ2) is 8.09. The molecule has 0 unspecified atom stereocenters. The molecule has 0 aliphatic rings. The van der Waals surface area contributed by atoms with Gasteiger partial charge in [0.25, 0.3) is 0 Å². The van der Waals surface area contributed by atoms with Gasteiger partial charge in [-0.1, -0.05) is 12.1 Å². The molecular formula is C16H19N3O4. The minimum absolute atomic E-state index is 0.155. The van der Waals surface area contributed by atoms with Crippen LogP contribution in [0.3, 0.4) is 0 Å². The summed E-state index contributed by atoms with van der Waals surface area (Å²) in [5, 5.41) is 7.01. The molecule has 7 heteroatoms. The number of ether oxygens (including phenoxy) is 2. The summed E-state index contributed by atoms with van der Waals surface area (Å²) < 4.78 is 11.3. The molecule has 0 aliphatic carbocycles. The summed E-state index contributed by atoms with van der Waals surface area (Å²) >= 11 is 0. The quantitative estimate of drug-likeness (QED) is 0.790. The number of carbonyl (C=O) groups excluding carboxylic acids is 2. The lowest BCUT2D eigenvalue weighted by molar-refractivity contribution is -0.117. The van der Waals surface area contributed by atoms with Crippen molar-refractivity contribution in [3.63, 3.8) is 0 Å². The minimum Gasteiger partial charge on any atom is -0.461 e. The molecule has 122 valence electrons. The van der Waals surface area contributed by atoms with E-state index in [9.17, 15) is 9.59 Å². The summed E-state index contributed by atoms with van der Waals surface area (Å²) in [6.07, 6.45) is 1.91. The number of anilines is 1. The first-order valence-corrected chi connectivity index (χ1v) is 7.26. The minimum atomic E-state index is -0.479. The largest absolute Gasteiger partial charge is 0.461 e. The van der Waals surface area contributed by atoms with Crippen molar-refractivity contribution in [1.29, 1.82) is 0 Å². The summed E-state index contributed by atoms with van der Waals surface area (Å²) in [5.41, 5.74) is 1.48. The van der Waals surface area contributed by atoms with Crippen LogP contribution in [0.15, 0.2) is 36.5 Å². The zero-order valence-electron chi connectivity index (χ0n) is 13.1. The average molecular weight is 317 g/mol. The summed E-state index contributed by atoms with van der Waals surface area (Å²) in [7, 11) is 1.54. The summed E-state index contributed by atoms with van der Waals surface area (Å²) in [5.74, 6) is -0.634. The van der Waals surface area contributed by atoms with E-state index in [1.165, 1.54) is 4.68 Å². The number of amides is 1. The second-order valence-electron chi connectivity index (χ2n) is 4.67. The SMILES string of the molecule is CCOC(=O)c1ccn(-c2ccccc2NC(=O)CCOC)n1. The Bertz CT molecular complexity index is 681. The van der Waals surface area contributed by atoms with Crippen molar-refractivity contribution in [3.05, 3.63) is 42.2 Å². The molecule has 1 aromatic carbocycles. The first-order chi connectivity index (χ1) is 11.2. The third kappa shape index (κ3) is 4.40. The van der Waals surface area contributed by atoms with Gasteiger partial charge >= 0.3 is 5.97 Å².